The lowest BCUT2D eigenvalue weighted by atomic mass is 10.2. The van der Waals surface area contributed by atoms with Crippen LogP contribution in [0, 0.1) is 0 Å². The van der Waals surface area contributed by atoms with E-state index in [1.807, 2.05) is 0 Å². The minimum atomic E-state index is -4.45. The second-order valence-corrected chi connectivity index (χ2v) is 5.07. The van der Waals surface area contributed by atoms with Crippen molar-refractivity contribution in [2.45, 2.75) is 16.0 Å². The summed E-state index contributed by atoms with van der Waals surface area (Å²) in [6, 6.07) is 9.81. The zero-order valence-corrected chi connectivity index (χ0v) is 11.3. The van der Waals surface area contributed by atoms with Crippen LogP contribution >= 0.6 is 11.8 Å². The van der Waals surface area contributed by atoms with E-state index in [0.717, 1.165) is 17.8 Å². The zero-order chi connectivity index (χ0) is 14.8. The minimum Gasteiger partial charge on any atom is -0.508 e. The molecule has 0 unspecified atom stereocenters. The first-order valence-electron chi connectivity index (χ1n) is 5.62. The number of halogens is 3. The van der Waals surface area contributed by atoms with Crippen LogP contribution in [0.4, 0.5) is 13.2 Å². The molecule has 1 N–H and O–H groups in total. The molecule has 0 saturated heterocycles. The van der Waals surface area contributed by atoms with E-state index < -0.39 is 11.7 Å². The number of hydrogen-bond acceptors (Lipinski definition) is 3. The number of methoxy groups -OCH3 is 1. The SMILES string of the molecule is COc1ccc(Sc2ccc(O)cc2)c(C(F)(F)F)c1. The van der Waals surface area contributed by atoms with Crippen LogP contribution in [0.5, 0.6) is 11.5 Å². The summed E-state index contributed by atoms with van der Waals surface area (Å²) in [5.41, 5.74) is -0.741. The summed E-state index contributed by atoms with van der Waals surface area (Å²) < 4.78 is 43.9. The van der Waals surface area contributed by atoms with E-state index in [1.165, 1.54) is 31.4 Å². The molecule has 20 heavy (non-hydrogen) atoms. The van der Waals surface area contributed by atoms with Crippen molar-refractivity contribution in [3.8, 4) is 11.5 Å². The fourth-order valence-corrected chi connectivity index (χ4v) is 2.53. The van der Waals surface area contributed by atoms with Gasteiger partial charge in [0.2, 0.25) is 0 Å². The van der Waals surface area contributed by atoms with E-state index >= 15 is 0 Å². The molecule has 0 aliphatic carbocycles. The van der Waals surface area contributed by atoms with E-state index in [-0.39, 0.29) is 16.4 Å². The van der Waals surface area contributed by atoms with Gasteiger partial charge in [-0.05, 0) is 42.5 Å². The Balaban J connectivity index is 2.38. The molecule has 0 aliphatic heterocycles. The van der Waals surface area contributed by atoms with Crippen molar-refractivity contribution in [2.24, 2.45) is 0 Å². The molecule has 106 valence electrons. The highest BCUT2D eigenvalue weighted by molar-refractivity contribution is 7.99. The summed E-state index contributed by atoms with van der Waals surface area (Å²) in [5, 5.41) is 9.17. The second-order valence-electron chi connectivity index (χ2n) is 3.96. The van der Waals surface area contributed by atoms with Gasteiger partial charge in [-0.2, -0.15) is 13.2 Å². The van der Waals surface area contributed by atoms with Crippen LogP contribution in [0.2, 0.25) is 0 Å². The normalized spacial score (nSPS) is 11.4. The average molecular weight is 300 g/mol. The molecule has 0 heterocycles. The Morgan fingerprint density at radius 3 is 2.25 bits per heavy atom. The first-order chi connectivity index (χ1) is 9.40. The first-order valence-corrected chi connectivity index (χ1v) is 6.44. The molecule has 0 aliphatic rings. The summed E-state index contributed by atoms with van der Waals surface area (Å²) in [7, 11) is 1.32. The standard InChI is InChI=1S/C14H11F3O2S/c1-19-10-4-7-13(12(8-10)14(15,16)17)20-11-5-2-9(18)3-6-11/h2-8,18H,1H3. The van der Waals surface area contributed by atoms with Gasteiger partial charge < -0.3 is 9.84 Å². The van der Waals surface area contributed by atoms with Crippen LogP contribution in [-0.4, -0.2) is 12.2 Å². The maximum absolute atomic E-state index is 13.0. The number of hydrogen-bond donors (Lipinski definition) is 1. The molecule has 0 fully saturated rings. The molecule has 0 saturated carbocycles. The number of benzene rings is 2. The van der Waals surface area contributed by atoms with Gasteiger partial charge in [0.15, 0.2) is 0 Å². The molecule has 2 nitrogen and oxygen atoms in total. The highest BCUT2D eigenvalue weighted by Gasteiger charge is 2.34. The van der Waals surface area contributed by atoms with Gasteiger partial charge in [0.05, 0.1) is 12.7 Å². The molecule has 2 aromatic rings. The Morgan fingerprint density at radius 2 is 1.70 bits per heavy atom. The number of alkyl halides is 3. The number of phenols is 1. The van der Waals surface area contributed by atoms with Crippen molar-refractivity contribution in [1.29, 1.82) is 0 Å². The Bertz CT molecular complexity index is 594. The van der Waals surface area contributed by atoms with E-state index in [0.29, 0.717) is 4.90 Å². The van der Waals surface area contributed by atoms with E-state index in [1.54, 1.807) is 12.1 Å². The Hall–Kier alpha value is -1.82. The maximum Gasteiger partial charge on any atom is 0.417 e. The van der Waals surface area contributed by atoms with Crippen LogP contribution in [-0.2, 0) is 6.18 Å². The van der Waals surface area contributed by atoms with Crippen molar-refractivity contribution in [2.75, 3.05) is 7.11 Å². The third kappa shape index (κ3) is 3.39. The average Bonchev–Trinajstić information content (AvgIpc) is 2.40. The highest BCUT2D eigenvalue weighted by atomic mass is 32.2. The third-order valence-electron chi connectivity index (χ3n) is 2.56. The van der Waals surface area contributed by atoms with E-state index in [9.17, 15) is 13.2 Å². The summed E-state index contributed by atoms with van der Waals surface area (Å²) >= 11 is 0.982. The highest BCUT2D eigenvalue weighted by Crippen LogP contribution is 2.41. The largest absolute Gasteiger partial charge is 0.508 e. The molecule has 6 heteroatoms. The number of rotatable bonds is 3. The van der Waals surface area contributed by atoms with Gasteiger partial charge in [0.25, 0.3) is 0 Å². The fraction of sp³-hybridized carbons (Fsp3) is 0.143. The molecule has 0 amide bonds. The van der Waals surface area contributed by atoms with Gasteiger partial charge in [-0.1, -0.05) is 11.8 Å². The third-order valence-corrected chi connectivity index (χ3v) is 3.64. The van der Waals surface area contributed by atoms with Gasteiger partial charge in [0, 0.05) is 9.79 Å². The topological polar surface area (TPSA) is 29.5 Å². The Kier molecular flexibility index (Phi) is 4.13. The van der Waals surface area contributed by atoms with Crippen LogP contribution < -0.4 is 4.74 Å². The summed E-state index contributed by atoms with van der Waals surface area (Å²) in [4.78, 5) is 0.697. The summed E-state index contributed by atoms with van der Waals surface area (Å²) in [5.74, 6) is 0.229. The van der Waals surface area contributed by atoms with Gasteiger partial charge in [-0.25, -0.2) is 0 Å². The smallest absolute Gasteiger partial charge is 0.417 e. The van der Waals surface area contributed by atoms with Crippen molar-refractivity contribution >= 4 is 11.8 Å². The zero-order valence-electron chi connectivity index (χ0n) is 10.4. The molecule has 0 radical (unpaired) electrons. The Labute approximate surface area is 118 Å². The lowest BCUT2D eigenvalue weighted by Crippen LogP contribution is -2.07. The molecular weight excluding hydrogens is 289 g/mol. The number of phenolic OH excluding ortho intramolecular Hbond substituents is 1. The van der Waals surface area contributed by atoms with E-state index in [2.05, 4.69) is 0 Å². The van der Waals surface area contributed by atoms with Crippen molar-refractivity contribution in [3.63, 3.8) is 0 Å². The molecule has 0 atom stereocenters. The predicted octanol–water partition coefficient (Wildman–Crippen LogP) is 4.57. The maximum atomic E-state index is 13.0. The van der Waals surface area contributed by atoms with Crippen molar-refractivity contribution in [1.82, 2.24) is 0 Å². The van der Waals surface area contributed by atoms with Gasteiger partial charge in [0.1, 0.15) is 11.5 Å². The molecule has 0 spiro atoms. The first kappa shape index (κ1) is 14.6. The van der Waals surface area contributed by atoms with Crippen molar-refractivity contribution in [3.05, 3.63) is 48.0 Å². The monoisotopic (exact) mass is 300 g/mol. The van der Waals surface area contributed by atoms with E-state index in [4.69, 9.17) is 9.84 Å². The predicted molar refractivity (Wildman–Crippen MR) is 70.2 cm³/mol. The van der Waals surface area contributed by atoms with Crippen LogP contribution in [0.25, 0.3) is 0 Å². The molecule has 2 aromatic carbocycles. The molecule has 0 aromatic heterocycles. The van der Waals surface area contributed by atoms with Gasteiger partial charge in [-0.15, -0.1) is 0 Å². The summed E-state index contributed by atoms with van der Waals surface area (Å²) in [6.45, 7) is 0. The molecular formula is C14H11F3O2S. The lowest BCUT2D eigenvalue weighted by Gasteiger charge is -2.13. The molecule has 2 rings (SSSR count). The second kappa shape index (κ2) is 5.66. The van der Waals surface area contributed by atoms with Gasteiger partial charge >= 0.3 is 6.18 Å². The quantitative estimate of drug-likeness (QED) is 0.900. The number of ether oxygens (including phenoxy) is 1. The summed E-state index contributed by atoms with van der Waals surface area (Å²) in [6.07, 6.45) is -4.45. The fourth-order valence-electron chi connectivity index (χ4n) is 1.59. The van der Waals surface area contributed by atoms with Gasteiger partial charge in [-0.3, -0.25) is 0 Å². The minimum absolute atomic E-state index is 0.0696. The van der Waals surface area contributed by atoms with Crippen LogP contribution in [0.3, 0.4) is 0 Å². The van der Waals surface area contributed by atoms with Crippen LogP contribution in [0.1, 0.15) is 5.56 Å². The Morgan fingerprint density at radius 1 is 1.05 bits per heavy atom. The van der Waals surface area contributed by atoms with Crippen molar-refractivity contribution < 1.29 is 23.0 Å². The van der Waals surface area contributed by atoms with Crippen LogP contribution in [0.15, 0.2) is 52.3 Å². The lowest BCUT2D eigenvalue weighted by molar-refractivity contribution is -0.139. The molecule has 0 bridgehead atoms. The number of aromatic hydroxyl groups is 1.